The summed E-state index contributed by atoms with van der Waals surface area (Å²) in [5, 5.41) is 7.59. The van der Waals surface area contributed by atoms with Crippen molar-refractivity contribution in [1.29, 1.82) is 0 Å². The molecule has 1 N–H and O–H groups in total. The number of amides is 1. The van der Waals surface area contributed by atoms with Crippen LogP contribution in [-0.2, 0) is 24.3 Å². The fourth-order valence-corrected chi connectivity index (χ4v) is 4.19. The first-order valence-corrected chi connectivity index (χ1v) is 11.6. The van der Waals surface area contributed by atoms with Crippen molar-refractivity contribution in [2.75, 3.05) is 6.54 Å². The summed E-state index contributed by atoms with van der Waals surface area (Å²) < 4.78 is 5.41. The summed E-state index contributed by atoms with van der Waals surface area (Å²) >= 11 is 0. The molecular weight excluding hydrogens is 414 g/mol. The van der Waals surface area contributed by atoms with E-state index in [1.54, 1.807) is 9.13 Å². The molecule has 0 saturated carbocycles. The van der Waals surface area contributed by atoms with Crippen molar-refractivity contribution in [3.63, 3.8) is 0 Å². The second-order valence-corrected chi connectivity index (χ2v) is 8.30. The van der Waals surface area contributed by atoms with E-state index < -0.39 is 0 Å². The maximum Gasteiger partial charge on any atom is 0.329 e. The predicted molar refractivity (Wildman–Crippen MR) is 131 cm³/mol. The number of fused-ring (bicyclic) bond motifs is 1. The molecule has 0 aliphatic rings. The monoisotopic (exact) mass is 445 g/mol. The Morgan fingerprint density at radius 2 is 1.64 bits per heavy atom. The third-order valence-corrected chi connectivity index (χ3v) is 5.90. The number of carbonyl (C=O) groups excluding carboxylic acids is 1. The van der Waals surface area contributed by atoms with Crippen molar-refractivity contribution in [3.8, 4) is 5.69 Å². The Bertz CT molecular complexity index is 1280. The van der Waals surface area contributed by atoms with Gasteiger partial charge in [-0.1, -0.05) is 37.3 Å². The van der Waals surface area contributed by atoms with Crippen LogP contribution in [0.1, 0.15) is 37.4 Å². The van der Waals surface area contributed by atoms with Crippen LogP contribution in [0.4, 0.5) is 0 Å². The first kappa shape index (κ1) is 22.6. The number of aromatic nitrogens is 4. The zero-order valence-electron chi connectivity index (χ0n) is 19.3. The molecule has 0 unspecified atom stereocenters. The van der Waals surface area contributed by atoms with E-state index in [2.05, 4.69) is 23.5 Å². The molecule has 2 aromatic heterocycles. The normalized spacial score (nSPS) is 11.2. The van der Waals surface area contributed by atoms with Crippen LogP contribution < -0.4 is 11.0 Å². The van der Waals surface area contributed by atoms with Crippen molar-refractivity contribution < 1.29 is 4.79 Å². The van der Waals surface area contributed by atoms with Gasteiger partial charge >= 0.3 is 5.69 Å². The standard InChI is InChI=1S/C26H31N5O2/c1-3-17-29-23-13-7-8-14-24(23)30(26(29)33)18-15-25(32)27-16-9-10-21-19-31(28-20(21)2)22-11-5-4-6-12-22/h4-8,11-14,19H,3,9-10,15-18H2,1-2H3,(H,27,32). The van der Waals surface area contributed by atoms with Crippen LogP contribution in [0.2, 0.25) is 0 Å². The lowest BCUT2D eigenvalue weighted by atomic mass is 10.1. The smallest absolute Gasteiger partial charge is 0.329 e. The minimum Gasteiger partial charge on any atom is -0.356 e. The first-order chi connectivity index (χ1) is 16.1. The van der Waals surface area contributed by atoms with Crippen molar-refractivity contribution in [1.82, 2.24) is 24.2 Å². The van der Waals surface area contributed by atoms with Crippen LogP contribution in [0.5, 0.6) is 0 Å². The van der Waals surface area contributed by atoms with Gasteiger partial charge in [0.05, 0.1) is 22.4 Å². The molecule has 0 saturated heterocycles. The highest BCUT2D eigenvalue weighted by atomic mass is 16.2. The number of nitrogens with one attached hydrogen (secondary N) is 1. The van der Waals surface area contributed by atoms with Gasteiger partial charge in [-0.05, 0) is 56.0 Å². The van der Waals surface area contributed by atoms with Crippen LogP contribution in [0.3, 0.4) is 0 Å². The molecule has 0 bridgehead atoms. The number of carbonyl (C=O) groups is 1. The summed E-state index contributed by atoms with van der Waals surface area (Å²) in [5.74, 6) is -0.0362. The van der Waals surface area contributed by atoms with E-state index in [1.807, 2.05) is 66.2 Å². The Morgan fingerprint density at radius 3 is 2.33 bits per heavy atom. The quantitative estimate of drug-likeness (QED) is 0.377. The molecule has 172 valence electrons. The second-order valence-electron chi connectivity index (χ2n) is 8.30. The summed E-state index contributed by atoms with van der Waals surface area (Å²) in [5.41, 5.74) is 5.00. The Labute approximate surface area is 193 Å². The van der Waals surface area contributed by atoms with Crippen molar-refractivity contribution in [3.05, 3.63) is 82.5 Å². The Morgan fingerprint density at radius 1 is 0.970 bits per heavy atom. The zero-order valence-corrected chi connectivity index (χ0v) is 19.3. The number of rotatable bonds is 10. The molecule has 1 amide bonds. The van der Waals surface area contributed by atoms with Gasteiger partial charge in [0, 0.05) is 32.3 Å². The fraction of sp³-hybridized carbons (Fsp3) is 0.346. The molecule has 7 heteroatoms. The lowest BCUT2D eigenvalue weighted by molar-refractivity contribution is -0.121. The van der Waals surface area contributed by atoms with E-state index in [4.69, 9.17) is 0 Å². The van der Waals surface area contributed by atoms with Gasteiger partial charge in [-0.15, -0.1) is 0 Å². The second kappa shape index (κ2) is 10.3. The van der Waals surface area contributed by atoms with Crippen LogP contribution in [0.15, 0.2) is 65.6 Å². The molecule has 7 nitrogen and oxygen atoms in total. The number of para-hydroxylation sites is 3. The Kier molecular flexibility index (Phi) is 7.07. The Hall–Kier alpha value is -3.61. The number of benzene rings is 2. The predicted octanol–water partition coefficient (Wildman–Crippen LogP) is 3.85. The van der Waals surface area contributed by atoms with Gasteiger partial charge in [-0.2, -0.15) is 5.10 Å². The fourth-order valence-electron chi connectivity index (χ4n) is 4.19. The lowest BCUT2D eigenvalue weighted by Crippen LogP contribution is -2.29. The van der Waals surface area contributed by atoms with E-state index in [0.717, 1.165) is 41.7 Å². The van der Waals surface area contributed by atoms with Gasteiger partial charge in [0.15, 0.2) is 0 Å². The summed E-state index contributed by atoms with van der Waals surface area (Å²) in [7, 11) is 0. The summed E-state index contributed by atoms with van der Waals surface area (Å²) in [6.07, 6.45) is 4.92. The lowest BCUT2D eigenvalue weighted by Gasteiger charge is -2.06. The largest absolute Gasteiger partial charge is 0.356 e. The van der Waals surface area contributed by atoms with Crippen LogP contribution >= 0.6 is 0 Å². The summed E-state index contributed by atoms with van der Waals surface area (Å²) in [6.45, 7) is 5.73. The Balaban J connectivity index is 1.29. The van der Waals surface area contributed by atoms with Crippen molar-refractivity contribution >= 4 is 16.9 Å². The minimum atomic E-state index is -0.0447. The van der Waals surface area contributed by atoms with E-state index >= 15 is 0 Å². The molecule has 0 atom stereocenters. The number of aryl methyl sites for hydroxylation is 4. The van der Waals surface area contributed by atoms with Gasteiger partial charge in [0.25, 0.3) is 0 Å². The topological polar surface area (TPSA) is 73.8 Å². The third kappa shape index (κ3) is 5.08. The molecule has 2 heterocycles. The minimum absolute atomic E-state index is 0.0362. The van der Waals surface area contributed by atoms with Crippen LogP contribution in [-0.4, -0.2) is 31.4 Å². The van der Waals surface area contributed by atoms with E-state index in [-0.39, 0.29) is 18.0 Å². The first-order valence-electron chi connectivity index (χ1n) is 11.6. The zero-order chi connectivity index (χ0) is 23.2. The highest BCUT2D eigenvalue weighted by molar-refractivity contribution is 5.78. The molecule has 0 fully saturated rings. The molecule has 0 aliphatic heterocycles. The molecule has 4 rings (SSSR count). The summed E-state index contributed by atoms with van der Waals surface area (Å²) in [6, 6.07) is 17.8. The molecule has 0 aliphatic carbocycles. The molecule has 4 aromatic rings. The molecule has 2 aromatic carbocycles. The number of hydrogen-bond acceptors (Lipinski definition) is 3. The van der Waals surface area contributed by atoms with Crippen LogP contribution in [0.25, 0.3) is 16.7 Å². The van der Waals surface area contributed by atoms with Gasteiger partial charge < -0.3 is 5.32 Å². The SMILES string of the molecule is CCCn1c(=O)n(CCC(=O)NCCCc2cn(-c3ccccc3)nc2C)c2ccccc21. The molecule has 0 spiro atoms. The molecular formula is C26H31N5O2. The van der Waals surface area contributed by atoms with Crippen LogP contribution in [0, 0.1) is 6.92 Å². The van der Waals surface area contributed by atoms with Crippen molar-refractivity contribution in [2.45, 2.75) is 52.6 Å². The number of nitrogens with zero attached hydrogens (tertiary/aromatic N) is 4. The summed E-state index contributed by atoms with van der Waals surface area (Å²) in [4.78, 5) is 25.2. The van der Waals surface area contributed by atoms with Crippen molar-refractivity contribution in [2.24, 2.45) is 0 Å². The van der Waals surface area contributed by atoms with Gasteiger partial charge in [-0.3, -0.25) is 13.9 Å². The molecule has 33 heavy (non-hydrogen) atoms. The van der Waals surface area contributed by atoms with Gasteiger partial charge in [0.1, 0.15) is 0 Å². The average molecular weight is 446 g/mol. The van der Waals surface area contributed by atoms with Gasteiger partial charge in [0.2, 0.25) is 5.91 Å². The third-order valence-electron chi connectivity index (χ3n) is 5.90. The maximum absolute atomic E-state index is 12.8. The number of hydrogen-bond donors (Lipinski definition) is 1. The van der Waals surface area contributed by atoms with Gasteiger partial charge in [-0.25, -0.2) is 9.48 Å². The van der Waals surface area contributed by atoms with E-state index in [9.17, 15) is 9.59 Å². The highest BCUT2D eigenvalue weighted by Gasteiger charge is 2.13. The molecule has 0 radical (unpaired) electrons. The highest BCUT2D eigenvalue weighted by Crippen LogP contribution is 2.14. The average Bonchev–Trinajstić information content (AvgIpc) is 3.33. The number of imidazole rings is 1. The van der Waals surface area contributed by atoms with E-state index in [0.29, 0.717) is 19.6 Å². The maximum atomic E-state index is 12.8. The van der Waals surface area contributed by atoms with E-state index in [1.165, 1.54) is 5.56 Å².